The van der Waals surface area contributed by atoms with Gasteiger partial charge in [0, 0.05) is 25.2 Å². The number of carboxylic acid groups (broad SMARTS) is 1. The monoisotopic (exact) mass is 289 g/mol. The lowest BCUT2D eigenvalue weighted by Gasteiger charge is -2.33. The first-order chi connectivity index (χ1) is 10.1. The molecule has 1 aliphatic rings. The van der Waals surface area contributed by atoms with Crippen LogP contribution >= 0.6 is 0 Å². The van der Waals surface area contributed by atoms with E-state index >= 15 is 0 Å². The van der Waals surface area contributed by atoms with Gasteiger partial charge in [-0.3, -0.25) is 9.69 Å². The predicted octanol–water partition coefficient (Wildman–Crippen LogP) is 2.75. The van der Waals surface area contributed by atoms with Gasteiger partial charge in [-0.2, -0.15) is 0 Å². The Labute approximate surface area is 126 Å². The smallest absolute Gasteiger partial charge is 0.307 e. The summed E-state index contributed by atoms with van der Waals surface area (Å²) in [7, 11) is 1.66. The minimum atomic E-state index is -0.680. The molecule has 4 nitrogen and oxygen atoms in total. The molecule has 1 fully saturated rings. The summed E-state index contributed by atoms with van der Waals surface area (Å²) in [5.74, 6) is 0.359. The van der Waals surface area contributed by atoms with Crippen molar-refractivity contribution in [1.82, 2.24) is 4.90 Å². The zero-order valence-electron chi connectivity index (χ0n) is 12.7. The molecule has 2 rings (SSSR count). The van der Waals surface area contributed by atoms with Gasteiger partial charge in [0.15, 0.2) is 0 Å². The van der Waals surface area contributed by atoms with Crippen molar-refractivity contribution in [3.05, 3.63) is 35.9 Å². The van der Waals surface area contributed by atoms with Crippen LogP contribution in [0.1, 0.15) is 18.9 Å². The van der Waals surface area contributed by atoms with E-state index in [1.807, 2.05) is 30.3 Å². The lowest BCUT2D eigenvalue weighted by molar-refractivity contribution is -0.144. The second-order valence-corrected chi connectivity index (χ2v) is 5.74. The van der Waals surface area contributed by atoms with E-state index in [0.29, 0.717) is 12.5 Å². The Morgan fingerprint density at radius 2 is 2.19 bits per heavy atom. The van der Waals surface area contributed by atoms with Crippen molar-refractivity contribution in [1.29, 1.82) is 0 Å². The summed E-state index contributed by atoms with van der Waals surface area (Å²) < 4.78 is 5.31. The Balaban J connectivity index is 1.95. The summed E-state index contributed by atoms with van der Waals surface area (Å²) in [6.07, 6.45) is 4.89. The van der Waals surface area contributed by atoms with E-state index in [0.717, 1.165) is 30.8 Å². The summed E-state index contributed by atoms with van der Waals surface area (Å²) in [5.41, 5.74) is 1.04. The Morgan fingerprint density at radius 1 is 1.43 bits per heavy atom. The molecule has 0 saturated carbocycles. The zero-order valence-corrected chi connectivity index (χ0v) is 12.7. The van der Waals surface area contributed by atoms with Crippen LogP contribution in [-0.2, 0) is 4.79 Å². The minimum Gasteiger partial charge on any atom is -0.496 e. The van der Waals surface area contributed by atoms with Gasteiger partial charge in [-0.05, 0) is 18.4 Å². The Hall–Kier alpha value is -1.81. The highest BCUT2D eigenvalue weighted by Crippen LogP contribution is 2.22. The lowest BCUT2D eigenvalue weighted by Crippen LogP contribution is -2.42. The molecule has 0 amide bonds. The zero-order chi connectivity index (χ0) is 15.2. The maximum atomic E-state index is 11.2. The van der Waals surface area contributed by atoms with Crippen LogP contribution in [0.4, 0.5) is 0 Å². The normalized spacial score (nSPS) is 23.3. The van der Waals surface area contributed by atoms with Crippen molar-refractivity contribution in [2.45, 2.75) is 13.3 Å². The van der Waals surface area contributed by atoms with Gasteiger partial charge < -0.3 is 9.84 Å². The molecule has 1 aromatic rings. The highest BCUT2D eigenvalue weighted by Gasteiger charge is 2.28. The fraction of sp³-hybridized carbons (Fsp3) is 0.471. The maximum Gasteiger partial charge on any atom is 0.307 e. The van der Waals surface area contributed by atoms with E-state index in [1.165, 1.54) is 0 Å². The molecule has 1 heterocycles. The third-order valence-corrected chi connectivity index (χ3v) is 3.88. The number of hydrogen-bond donors (Lipinski definition) is 1. The van der Waals surface area contributed by atoms with Gasteiger partial charge >= 0.3 is 5.97 Å². The van der Waals surface area contributed by atoms with Crippen LogP contribution in [0.5, 0.6) is 5.75 Å². The highest BCUT2D eigenvalue weighted by molar-refractivity contribution is 5.70. The second-order valence-electron chi connectivity index (χ2n) is 5.74. The van der Waals surface area contributed by atoms with Crippen molar-refractivity contribution >= 4 is 12.0 Å². The number of rotatable bonds is 5. The summed E-state index contributed by atoms with van der Waals surface area (Å²) in [6, 6.07) is 7.86. The summed E-state index contributed by atoms with van der Waals surface area (Å²) in [4.78, 5) is 13.4. The molecular formula is C17H23NO3. The van der Waals surface area contributed by atoms with E-state index in [4.69, 9.17) is 4.74 Å². The summed E-state index contributed by atoms with van der Waals surface area (Å²) in [5, 5.41) is 9.18. The molecule has 0 spiro atoms. The molecule has 0 aromatic heterocycles. The Morgan fingerprint density at radius 3 is 2.90 bits per heavy atom. The number of para-hydroxylation sites is 1. The first kappa shape index (κ1) is 15.6. The number of nitrogens with zero attached hydrogens (tertiary/aromatic N) is 1. The summed E-state index contributed by atoms with van der Waals surface area (Å²) in [6.45, 7) is 4.48. The molecule has 114 valence electrons. The van der Waals surface area contributed by atoms with Crippen LogP contribution in [0, 0.1) is 11.8 Å². The van der Waals surface area contributed by atoms with Crippen molar-refractivity contribution in [3.63, 3.8) is 0 Å². The van der Waals surface area contributed by atoms with Crippen LogP contribution < -0.4 is 4.74 Å². The molecule has 0 radical (unpaired) electrons. The number of likely N-dealkylation sites (tertiary alicyclic amines) is 1. The molecule has 1 aromatic carbocycles. The molecule has 1 saturated heterocycles. The maximum absolute atomic E-state index is 11.2. The van der Waals surface area contributed by atoms with Crippen LogP contribution in [0.2, 0.25) is 0 Å². The first-order valence-electron chi connectivity index (χ1n) is 7.35. The van der Waals surface area contributed by atoms with Crippen LogP contribution in [-0.4, -0.2) is 42.7 Å². The molecule has 1 aliphatic heterocycles. The van der Waals surface area contributed by atoms with Gasteiger partial charge in [-0.25, -0.2) is 0 Å². The third-order valence-electron chi connectivity index (χ3n) is 3.88. The first-order valence-corrected chi connectivity index (χ1v) is 7.35. The van der Waals surface area contributed by atoms with Gasteiger partial charge in [0.1, 0.15) is 5.75 Å². The average molecular weight is 289 g/mol. The number of aliphatic carboxylic acids is 1. The van der Waals surface area contributed by atoms with Crippen molar-refractivity contribution in [2.24, 2.45) is 11.8 Å². The van der Waals surface area contributed by atoms with Crippen molar-refractivity contribution in [2.75, 3.05) is 26.7 Å². The molecule has 4 heteroatoms. The molecule has 0 aliphatic carbocycles. The highest BCUT2D eigenvalue weighted by atomic mass is 16.5. The van der Waals surface area contributed by atoms with E-state index in [2.05, 4.69) is 17.9 Å². The van der Waals surface area contributed by atoms with Gasteiger partial charge in [0.05, 0.1) is 13.0 Å². The van der Waals surface area contributed by atoms with E-state index in [1.54, 1.807) is 7.11 Å². The van der Waals surface area contributed by atoms with Gasteiger partial charge in [0.25, 0.3) is 0 Å². The number of hydrogen-bond acceptors (Lipinski definition) is 3. The Bertz CT molecular complexity index is 513. The molecule has 1 N–H and O–H groups in total. The second kappa shape index (κ2) is 7.27. The molecule has 2 unspecified atom stereocenters. The van der Waals surface area contributed by atoms with Crippen LogP contribution in [0.25, 0.3) is 6.08 Å². The standard InChI is InChI=1S/C17H23NO3/c1-13-10-15(17(19)20)12-18(11-13)9-5-7-14-6-3-4-8-16(14)21-2/h3-8,13,15H,9-12H2,1-2H3,(H,19,20)/b7-5+. The third kappa shape index (κ3) is 4.33. The molecule has 21 heavy (non-hydrogen) atoms. The fourth-order valence-electron chi connectivity index (χ4n) is 2.92. The number of benzene rings is 1. The largest absolute Gasteiger partial charge is 0.496 e. The van der Waals surface area contributed by atoms with Gasteiger partial charge in [-0.15, -0.1) is 0 Å². The minimum absolute atomic E-state index is 0.242. The topological polar surface area (TPSA) is 49.8 Å². The lowest BCUT2D eigenvalue weighted by atomic mass is 9.90. The van der Waals surface area contributed by atoms with Gasteiger partial charge in [0.2, 0.25) is 0 Å². The van der Waals surface area contributed by atoms with E-state index < -0.39 is 5.97 Å². The average Bonchev–Trinajstić information content (AvgIpc) is 2.47. The SMILES string of the molecule is COc1ccccc1/C=C/CN1CC(C)CC(C(=O)O)C1. The van der Waals surface area contributed by atoms with E-state index in [-0.39, 0.29) is 5.92 Å². The fourth-order valence-corrected chi connectivity index (χ4v) is 2.92. The predicted molar refractivity (Wildman–Crippen MR) is 83.4 cm³/mol. The quantitative estimate of drug-likeness (QED) is 0.905. The molecule has 0 bridgehead atoms. The number of carboxylic acids is 1. The van der Waals surface area contributed by atoms with Crippen LogP contribution in [0.3, 0.4) is 0 Å². The Kier molecular flexibility index (Phi) is 5.39. The van der Waals surface area contributed by atoms with Gasteiger partial charge in [-0.1, -0.05) is 37.3 Å². The van der Waals surface area contributed by atoms with Crippen LogP contribution in [0.15, 0.2) is 30.3 Å². The summed E-state index contributed by atoms with van der Waals surface area (Å²) >= 11 is 0. The molecular weight excluding hydrogens is 266 g/mol. The molecule has 2 atom stereocenters. The van der Waals surface area contributed by atoms with E-state index in [9.17, 15) is 9.90 Å². The number of piperidine rings is 1. The number of carbonyl (C=O) groups is 1. The number of ether oxygens (including phenoxy) is 1. The van der Waals surface area contributed by atoms with Crippen molar-refractivity contribution < 1.29 is 14.6 Å². The van der Waals surface area contributed by atoms with Crippen molar-refractivity contribution in [3.8, 4) is 5.75 Å². The number of methoxy groups -OCH3 is 1.